The van der Waals surface area contributed by atoms with Gasteiger partial charge in [-0.2, -0.15) is 13.2 Å². The lowest BCUT2D eigenvalue weighted by Gasteiger charge is -2.17. The highest BCUT2D eigenvalue weighted by Gasteiger charge is 2.29. The first kappa shape index (κ1) is 17.0. The second kappa shape index (κ2) is 7.64. The van der Waals surface area contributed by atoms with E-state index in [4.69, 9.17) is 5.84 Å². The third kappa shape index (κ3) is 5.92. The first-order valence-corrected chi connectivity index (χ1v) is 6.95. The van der Waals surface area contributed by atoms with Crippen molar-refractivity contribution in [2.24, 2.45) is 11.8 Å². The maximum absolute atomic E-state index is 12.5. The van der Waals surface area contributed by atoms with E-state index in [9.17, 15) is 13.2 Å². The van der Waals surface area contributed by atoms with Gasteiger partial charge in [0.2, 0.25) is 0 Å². The van der Waals surface area contributed by atoms with Crippen molar-refractivity contribution in [2.75, 3.05) is 0 Å². The molecular weight excluding hydrogens is 265 g/mol. The van der Waals surface area contributed by atoms with E-state index in [-0.39, 0.29) is 6.04 Å². The largest absolute Gasteiger partial charge is 0.416 e. The Hall–Kier alpha value is -1.07. The lowest BCUT2D eigenvalue weighted by atomic mass is 9.98. The fraction of sp³-hybridized carbons (Fsp3) is 0.600. The van der Waals surface area contributed by atoms with Gasteiger partial charge in [-0.05, 0) is 36.5 Å². The molecule has 1 atom stereocenters. The summed E-state index contributed by atoms with van der Waals surface area (Å²) in [6.07, 6.45) is -0.512. The Balaban J connectivity index is 2.53. The molecule has 0 spiro atoms. The van der Waals surface area contributed by atoms with Crippen LogP contribution >= 0.6 is 0 Å². The summed E-state index contributed by atoms with van der Waals surface area (Å²) >= 11 is 0. The van der Waals surface area contributed by atoms with Gasteiger partial charge in [0.15, 0.2) is 0 Å². The number of hydrogen-bond acceptors (Lipinski definition) is 2. The van der Waals surface area contributed by atoms with Crippen LogP contribution in [0, 0.1) is 5.92 Å². The second-order valence-corrected chi connectivity index (χ2v) is 5.59. The van der Waals surface area contributed by atoms with Gasteiger partial charge in [0.25, 0.3) is 0 Å². The number of halogens is 3. The summed E-state index contributed by atoms with van der Waals surface area (Å²) in [5.41, 5.74) is 3.00. The van der Waals surface area contributed by atoms with E-state index in [1.165, 1.54) is 12.1 Å². The van der Waals surface area contributed by atoms with Crippen LogP contribution in [0.2, 0.25) is 0 Å². The van der Waals surface area contributed by atoms with Crippen LogP contribution in [-0.4, -0.2) is 6.04 Å². The topological polar surface area (TPSA) is 38.0 Å². The standard InChI is InChI=1S/C15H23F3N2/c1-11(2)4-3-5-14(20-19)10-12-6-8-13(9-7-12)15(16,17)18/h6-9,11,14,20H,3-5,10,19H2,1-2H3. The molecule has 0 aliphatic carbocycles. The Bertz CT molecular complexity index is 385. The van der Waals surface area contributed by atoms with Crippen molar-refractivity contribution in [3.8, 4) is 0 Å². The molecule has 0 fully saturated rings. The lowest BCUT2D eigenvalue weighted by molar-refractivity contribution is -0.137. The van der Waals surface area contributed by atoms with Crippen molar-refractivity contribution in [3.05, 3.63) is 35.4 Å². The Labute approximate surface area is 118 Å². The molecule has 2 nitrogen and oxygen atoms in total. The SMILES string of the molecule is CC(C)CCCC(Cc1ccc(C(F)(F)F)cc1)NN. The first-order valence-electron chi connectivity index (χ1n) is 6.95. The zero-order chi connectivity index (χ0) is 15.2. The van der Waals surface area contributed by atoms with Gasteiger partial charge < -0.3 is 0 Å². The fourth-order valence-electron chi connectivity index (χ4n) is 2.13. The van der Waals surface area contributed by atoms with Gasteiger partial charge in [0, 0.05) is 6.04 Å². The number of hydrogen-bond donors (Lipinski definition) is 2. The highest BCUT2D eigenvalue weighted by Crippen LogP contribution is 2.29. The molecule has 0 aliphatic heterocycles. The normalized spacial score (nSPS) is 13.8. The zero-order valence-corrected chi connectivity index (χ0v) is 12.0. The predicted molar refractivity (Wildman–Crippen MR) is 74.9 cm³/mol. The zero-order valence-electron chi connectivity index (χ0n) is 12.0. The van der Waals surface area contributed by atoms with Crippen molar-refractivity contribution in [1.82, 2.24) is 5.43 Å². The van der Waals surface area contributed by atoms with Crippen molar-refractivity contribution in [2.45, 2.75) is 51.7 Å². The monoisotopic (exact) mass is 288 g/mol. The van der Waals surface area contributed by atoms with E-state index in [1.807, 2.05) is 0 Å². The number of nitrogens with two attached hydrogens (primary N) is 1. The van der Waals surface area contributed by atoms with Crippen LogP contribution in [-0.2, 0) is 12.6 Å². The van der Waals surface area contributed by atoms with Gasteiger partial charge >= 0.3 is 6.18 Å². The number of rotatable bonds is 7. The van der Waals surface area contributed by atoms with Crippen LogP contribution < -0.4 is 11.3 Å². The molecule has 0 saturated carbocycles. The second-order valence-electron chi connectivity index (χ2n) is 5.59. The van der Waals surface area contributed by atoms with E-state index >= 15 is 0 Å². The number of hydrazine groups is 1. The Kier molecular flexibility index (Phi) is 6.49. The van der Waals surface area contributed by atoms with Crippen LogP contribution in [0.25, 0.3) is 0 Å². The van der Waals surface area contributed by atoms with Crippen molar-refractivity contribution < 1.29 is 13.2 Å². The van der Waals surface area contributed by atoms with E-state index < -0.39 is 11.7 Å². The maximum atomic E-state index is 12.5. The van der Waals surface area contributed by atoms with Crippen LogP contribution in [0.4, 0.5) is 13.2 Å². The third-order valence-corrected chi connectivity index (χ3v) is 3.33. The van der Waals surface area contributed by atoms with Gasteiger partial charge in [0.05, 0.1) is 5.56 Å². The molecule has 0 saturated heterocycles. The van der Waals surface area contributed by atoms with Crippen molar-refractivity contribution in [3.63, 3.8) is 0 Å². The Morgan fingerprint density at radius 2 is 1.70 bits per heavy atom. The molecule has 5 heteroatoms. The van der Waals surface area contributed by atoms with Crippen LogP contribution in [0.5, 0.6) is 0 Å². The van der Waals surface area contributed by atoms with E-state index in [2.05, 4.69) is 19.3 Å². The predicted octanol–water partition coefficient (Wildman–Crippen LogP) is 3.91. The van der Waals surface area contributed by atoms with Crippen molar-refractivity contribution >= 4 is 0 Å². The average molecular weight is 288 g/mol. The third-order valence-electron chi connectivity index (χ3n) is 3.33. The molecule has 1 rings (SSSR count). The summed E-state index contributed by atoms with van der Waals surface area (Å²) in [5, 5.41) is 0. The molecule has 0 heterocycles. The molecule has 20 heavy (non-hydrogen) atoms. The summed E-state index contributed by atoms with van der Waals surface area (Å²) in [4.78, 5) is 0. The molecule has 1 unspecified atom stereocenters. The van der Waals surface area contributed by atoms with Gasteiger partial charge in [-0.15, -0.1) is 0 Å². The molecule has 0 bridgehead atoms. The van der Waals surface area contributed by atoms with Crippen molar-refractivity contribution in [1.29, 1.82) is 0 Å². The quantitative estimate of drug-likeness (QED) is 0.590. The number of alkyl halides is 3. The maximum Gasteiger partial charge on any atom is 0.416 e. The lowest BCUT2D eigenvalue weighted by Crippen LogP contribution is -2.36. The highest BCUT2D eigenvalue weighted by atomic mass is 19.4. The minimum Gasteiger partial charge on any atom is -0.271 e. The number of benzene rings is 1. The van der Waals surface area contributed by atoms with Gasteiger partial charge in [0.1, 0.15) is 0 Å². The van der Waals surface area contributed by atoms with Gasteiger partial charge in [-0.1, -0.05) is 38.8 Å². The molecule has 0 amide bonds. The van der Waals surface area contributed by atoms with Crippen LogP contribution in [0.15, 0.2) is 24.3 Å². The summed E-state index contributed by atoms with van der Waals surface area (Å²) in [7, 11) is 0. The Morgan fingerprint density at radius 3 is 2.15 bits per heavy atom. The fourth-order valence-corrected chi connectivity index (χ4v) is 2.13. The number of nitrogens with one attached hydrogen (secondary N) is 1. The summed E-state index contributed by atoms with van der Waals surface area (Å²) in [6.45, 7) is 4.33. The molecule has 1 aromatic carbocycles. The summed E-state index contributed by atoms with van der Waals surface area (Å²) in [5.74, 6) is 6.16. The smallest absolute Gasteiger partial charge is 0.271 e. The molecule has 114 valence electrons. The first-order chi connectivity index (χ1) is 9.32. The van der Waals surface area contributed by atoms with Gasteiger partial charge in [-0.3, -0.25) is 11.3 Å². The van der Waals surface area contributed by atoms with E-state index in [0.29, 0.717) is 12.3 Å². The summed E-state index contributed by atoms with van der Waals surface area (Å²) < 4.78 is 37.4. The highest BCUT2D eigenvalue weighted by molar-refractivity contribution is 5.25. The molecule has 0 aliphatic rings. The van der Waals surface area contributed by atoms with E-state index in [0.717, 1.165) is 37.0 Å². The molecule has 3 N–H and O–H groups in total. The van der Waals surface area contributed by atoms with Crippen LogP contribution in [0.3, 0.4) is 0 Å². The molecule has 0 radical (unpaired) electrons. The van der Waals surface area contributed by atoms with E-state index in [1.54, 1.807) is 0 Å². The minimum atomic E-state index is -4.28. The average Bonchev–Trinajstić information content (AvgIpc) is 2.36. The summed E-state index contributed by atoms with van der Waals surface area (Å²) in [6, 6.07) is 5.39. The molecule has 0 aromatic heterocycles. The minimum absolute atomic E-state index is 0.102. The Morgan fingerprint density at radius 1 is 1.10 bits per heavy atom. The van der Waals surface area contributed by atoms with Crippen LogP contribution in [0.1, 0.15) is 44.2 Å². The molecule has 1 aromatic rings. The van der Waals surface area contributed by atoms with Gasteiger partial charge in [-0.25, -0.2) is 0 Å². The molecular formula is C15H23F3N2.